The lowest BCUT2D eigenvalue weighted by atomic mass is 9.91. The minimum Gasteiger partial charge on any atom is -0.390 e. The third-order valence-electron chi connectivity index (χ3n) is 8.05. The van der Waals surface area contributed by atoms with E-state index in [1.807, 2.05) is 30.3 Å². The summed E-state index contributed by atoms with van der Waals surface area (Å²) in [5.74, 6) is -0.281. The van der Waals surface area contributed by atoms with Crippen LogP contribution in [0.5, 0.6) is 0 Å². The first-order valence-corrected chi connectivity index (χ1v) is 15.5. The van der Waals surface area contributed by atoms with Gasteiger partial charge in [-0.25, -0.2) is 17.8 Å². The van der Waals surface area contributed by atoms with Gasteiger partial charge in [0.05, 0.1) is 47.1 Å². The van der Waals surface area contributed by atoms with E-state index in [0.29, 0.717) is 36.2 Å². The third-order valence-corrected chi connectivity index (χ3v) is 9.75. The minimum absolute atomic E-state index is 0.0700. The average Bonchev–Trinajstić information content (AvgIpc) is 3.59. The van der Waals surface area contributed by atoms with Gasteiger partial charge in [-0.2, -0.15) is 0 Å². The first kappa shape index (κ1) is 28.0. The van der Waals surface area contributed by atoms with Gasteiger partial charge in [0.1, 0.15) is 11.8 Å². The number of nitrogens with one attached hydrogen (secondary N) is 1. The smallest absolute Gasteiger partial charge is 0.180 e. The number of nitrogens with zero attached hydrogens (tertiary/aromatic N) is 1. The zero-order chi connectivity index (χ0) is 28.6. The second-order valence-corrected chi connectivity index (χ2v) is 12.9. The molecule has 4 heterocycles. The molecule has 2 aromatic carbocycles. The number of aryl methyl sites for hydroxylation is 1. The van der Waals surface area contributed by atoms with Crippen molar-refractivity contribution in [1.29, 1.82) is 0 Å². The van der Waals surface area contributed by atoms with Gasteiger partial charge in [-0.15, -0.1) is 0 Å². The van der Waals surface area contributed by atoms with Crippen LogP contribution < -0.4 is 0 Å². The molecule has 0 amide bonds. The summed E-state index contributed by atoms with van der Waals surface area (Å²) >= 11 is 0. The van der Waals surface area contributed by atoms with Crippen LogP contribution in [0, 0.1) is 11.7 Å². The molecular weight excluding hydrogens is 547 g/mol. The number of ether oxygens (including phenoxy) is 3. The zero-order valence-electron chi connectivity index (χ0n) is 22.8. The van der Waals surface area contributed by atoms with Crippen LogP contribution in [0.2, 0.25) is 0 Å². The molecule has 0 saturated carbocycles. The number of aromatic amines is 1. The zero-order valence-corrected chi connectivity index (χ0v) is 23.6. The van der Waals surface area contributed by atoms with Crippen LogP contribution in [0.4, 0.5) is 4.39 Å². The fourth-order valence-electron chi connectivity index (χ4n) is 5.74. The van der Waals surface area contributed by atoms with Gasteiger partial charge in [0, 0.05) is 37.0 Å². The lowest BCUT2D eigenvalue weighted by molar-refractivity contribution is -0.120. The summed E-state index contributed by atoms with van der Waals surface area (Å²) in [6.45, 7) is 1.26. The molecule has 2 fully saturated rings. The Labute approximate surface area is 238 Å². The molecule has 4 aromatic rings. The second kappa shape index (κ2) is 11.6. The number of hydrogen-bond donors (Lipinski definition) is 2. The highest BCUT2D eigenvalue weighted by atomic mass is 32.2. The number of methoxy groups -OCH3 is 1. The van der Waals surface area contributed by atoms with E-state index in [1.165, 1.54) is 13.2 Å². The number of aromatic nitrogens is 2. The number of rotatable bonds is 9. The van der Waals surface area contributed by atoms with Gasteiger partial charge in [-0.05, 0) is 48.6 Å². The molecule has 6 rings (SSSR count). The predicted molar refractivity (Wildman–Crippen MR) is 153 cm³/mol. The van der Waals surface area contributed by atoms with Gasteiger partial charge in [0.15, 0.2) is 15.7 Å². The highest BCUT2D eigenvalue weighted by Gasteiger charge is 2.44. The van der Waals surface area contributed by atoms with Crippen molar-refractivity contribution < 1.29 is 32.1 Å². The molecular formula is C31H33FN2O6S. The molecule has 0 bridgehead atoms. The Morgan fingerprint density at radius 3 is 2.46 bits per heavy atom. The van der Waals surface area contributed by atoms with Crippen LogP contribution >= 0.6 is 0 Å². The van der Waals surface area contributed by atoms with Crippen LogP contribution in [0.15, 0.2) is 65.6 Å². The van der Waals surface area contributed by atoms with Crippen molar-refractivity contribution in [3.05, 3.63) is 72.2 Å². The molecule has 0 spiro atoms. The van der Waals surface area contributed by atoms with E-state index < -0.39 is 21.8 Å². The number of benzene rings is 2. The second-order valence-electron chi connectivity index (χ2n) is 10.7. The first-order chi connectivity index (χ1) is 19.8. The fraction of sp³-hybridized carbons (Fsp3) is 0.387. The summed E-state index contributed by atoms with van der Waals surface area (Å²) in [4.78, 5) is 8.17. The Morgan fingerprint density at radius 2 is 1.73 bits per heavy atom. The van der Waals surface area contributed by atoms with Gasteiger partial charge in [0.2, 0.25) is 0 Å². The average molecular weight is 581 g/mol. The number of pyridine rings is 1. The number of sulfone groups is 1. The molecule has 4 atom stereocenters. The lowest BCUT2D eigenvalue weighted by Gasteiger charge is -2.31. The molecule has 41 heavy (non-hydrogen) atoms. The maximum Gasteiger partial charge on any atom is 0.180 e. The number of aliphatic hydroxyl groups excluding tert-OH is 1. The van der Waals surface area contributed by atoms with Crippen LogP contribution in [0.3, 0.4) is 0 Å². The van der Waals surface area contributed by atoms with Crippen LogP contribution in [-0.4, -0.2) is 74.5 Å². The molecule has 10 heteroatoms. The van der Waals surface area contributed by atoms with Crippen molar-refractivity contribution >= 4 is 20.9 Å². The van der Waals surface area contributed by atoms with Crippen molar-refractivity contribution in [3.63, 3.8) is 0 Å². The molecule has 0 unspecified atom stereocenters. The van der Waals surface area contributed by atoms with E-state index in [4.69, 9.17) is 14.2 Å². The minimum atomic E-state index is -3.40. The van der Waals surface area contributed by atoms with E-state index in [9.17, 15) is 13.5 Å². The summed E-state index contributed by atoms with van der Waals surface area (Å²) in [6, 6.07) is 17.5. The van der Waals surface area contributed by atoms with E-state index in [0.717, 1.165) is 29.7 Å². The van der Waals surface area contributed by atoms with Gasteiger partial charge in [-0.1, -0.05) is 36.4 Å². The first-order valence-electron chi connectivity index (χ1n) is 13.8. The summed E-state index contributed by atoms with van der Waals surface area (Å²) in [5, 5.41) is 10.2. The normalized spacial score (nSPS) is 22.7. The maximum atomic E-state index is 15.1. The summed E-state index contributed by atoms with van der Waals surface area (Å²) in [6.07, 6.45) is 1.38. The fourth-order valence-corrected chi connectivity index (χ4v) is 6.91. The monoisotopic (exact) mass is 580 g/mol. The van der Waals surface area contributed by atoms with Crippen LogP contribution in [0.25, 0.3) is 33.4 Å². The van der Waals surface area contributed by atoms with E-state index >= 15 is 4.39 Å². The Kier molecular flexibility index (Phi) is 7.93. The van der Waals surface area contributed by atoms with Crippen molar-refractivity contribution in [2.24, 2.45) is 5.92 Å². The molecule has 8 nitrogen and oxygen atoms in total. The topological polar surface area (TPSA) is 111 Å². The Bertz CT molecular complexity index is 1620. The summed E-state index contributed by atoms with van der Waals surface area (Å²) < 4.78 is 56.5. The molecule has 2 saturated heterocycles. The molecule has 2 aliphatic rings. The quantitative estimate of drug-likeness (QED) is 0.299. The molecule has 2 aliphatic heterocycles. The van der Waals surface area contributed by atoms with Crippen LogP contribution in [0.1, 0.15) is 18.5 Å². The van der Waals surface area contributed by atoms with E-state index in [-0.39, 0.29) is 41.1 Å². The highest BCUT2D eigenvalue weighted by Crippen LogP contribution is 2.34. The Hall–Kier alpha value is -3.15. The SMILES string of the molecule is COCCS(=O)(=O)c1ccc(-c2ccc(-c3nc4cc(CC[C@@H]5CO[C@H]6[C@@H]5OCC[C@H]6O)[nH]c4cc3F)cc2)cc1. The number of fused-ring (bicyclic) bond motifs is 2. The highest BCUT2D eigenvalue weighted by molar-refractivity contribution is 7.91. The molecule has 0 aliphatic carbocycles. The van der Waals surface area contributed by atoms with Gasteiger partial charge < -0.3 is 24.3 Å². The van der Waals surface area contributed by atoms with Crippen molar-refractivity contribution in [3.8, 4) is 22.4 Å². The van der Waals surface area contributed by atoms with E-state index in [2.05, 4.69) is 9.97 Å². The standard InChI is InChI=1S/C31H33FN2O6S/c1-38-14-15-41(36,37)24-10-7-20(8-11-24)19-2-4-21(5-3-19)29-25(32)17-27-26(34-29)16-23(33-27)9-6-22-18-40-31-28(35)12-13-39-30(22)31/h2-5,7-8,10-11,16-17,22,28,30-31,33,35H,6,9,12-15,18H2,1H3/t22-,28-,30-,31-/m1/s1. The summed E-state index contributed by atoms with van der Waals surface area (Å²) in [7, 11) is -1.93. The van der Waals surface area contributed by atoms with Crippen molar-refractivity contribution in [2.45, 2.75) is 42.5 Å². The van der Waals surface area contributed by atoms with Gasteiger partial charge in [0.25, 0.3) is 0 Å². The molecule has 2 N–H and O–H groups in total. The molecule has 0 radical (unpaired) electrons. The number of aliphatic hydroxyl groups is 1. The third kappa shape index (κ3) is 5.80. The molecule has 2 aromatic heterocycles. The Morgan fingerprint density at radius 1 is 1.02 bits per heavy atom. The Balaban J connectivity index is 1.15. The predicted octanol–water partition coefficient (Wildman–Crippen LogP) is 4.55. The number of halogens is 1. The largest absolute Gasteiger partial charge is 0.390 e. The van der Waals surface area contributed by atoms with Gasteiger partial charge in [-0.3, -0.25) is 0 Å². The van der Waals surface area contributed by atoms with Crippen LogP contribution in [-0.2, 0) is 30.5 Å². The van der Waals surface area contributed by atoms with E-state index in [1.54, 1.807) is 24.3 Å². The summed E-state index contributed by atoms with van der Waals surface area (Å²) in [5.41, 5.74) is 4.95. The molecule has 216 valence electrons. The number of H-pyrrole nitrogens is 1. The van der Waals surface area contributed by atoms with Crippen molar-refractivity contribution in [2.75, 3.05) is 32.7 Å². The lowest BCUT2D eigenvalue weighted by Crippen LogP contribution is -2.44. The van der Waals surface area contributed by atoms with Crippen molar-refractivity contribution in [1.82, 2.24) is 9.97 Å². The maximum absolute atomic E-state index is 15.1. The van der Waals surface area contributed by atoms with Gasteiger partial charge >= 0.3 is 0 Å². The number of hydrogen-bond acceptors (Lipinski definition) is 7.